The van der Waals surface area contributed by atoms with Crippen LogP contribution in [0.2, 0.25) is 5.02 Å². The van der Waals surface area contributed by atoms with Gasteiger partial charge >= 0.3 is 0 Å². The van der Waals surface area contributed by atoms with Crippen LogP contribution in [0.1, 0.15) is 17.0 Å². The van der Waals surface area contributed by atoms with Crippen LogP contribution < -0.4 is 4.74 Å². The number of rotatable bonds is 3. The Balaban J connectivity index is 2.01. The van der Waals surface area contributed by atoms with Crippen molar-refractivity contribution in [1.29, 1.82) is 0 Å². The molecule has 0 spiro atoms. The quantitative estimate of drug-likeness (QED) is 0.584. The van der Waals surface area contributed by atoms with Gasteiger partial charge in [0.05, 0.1) is 19.9 Å². The molecular formula is C15H12ClIN2O2. The molecule has 0 bridgehead atoms. The van der Waals surface area contributed by atoms with Crippen LogP contribution in [0, 0.1) is 17.4 Å². The maximum Gasteiger partial charge on any atom is 0.159 e. The third-order valence-corrected chi connectivity index (χ3v) is 4.41. The van der Waals surface area contributed by atoms with Crippen molar-refractivity contribution in [2.45, 2.75) is 20.5 Å². The number of ether oxygens (including phenoxy) is 1. The molecule has 0 radical (unpaired) electrons. The van der Waals surface area contributed by atoms with E-state index in [1.165, 1.54) is 0 Å². The number of benzene rings is 1. The molecule has 2 heterocycles. The van der Waals surface area contributed by atoms with E-state index in [4.69, 9.17) is 20.9 Å². The first kappa shape index (κ1) is 14.6. The second kappa shape index (κ2) is 5.81. The Bertz CT molecular complexity index is 797. The molecule has 6 heteroatoms. The fourth-order valence-electron chi connectivity index (χ4n) is 2.14. The summed E-state index contributed by atoms with van der Waals surface area (Å²) in [5, 5.41) is 5.49. The molecule has 108 valence electrons. The summed E-state index contributed by atoms with van der Waals surface area (Å²) >= 11 is 8.46. The van der Waals surface area contributed by atoms with Gasteiger partial charge in [-0.2, -0.15) is 0 Å². The van der Waals surface area contributed by atoms with E-state index in [0.29, 0.717) is 11.6 Å². The molecule has 1 aromatic carbocycles. The lowest BCUT2D eigenvalue weighted by Gasteiger charge is -2.11. The van der Waals surface area contributed by atoms with Crippen molar-refractivity contribution in [2.75, 3.05) is 0 Å². The standard InChI is InChI=1S/C15H12ClIN2O2/c1-8-11(9(2)21-19-8)7-20-15-13(17)6-12(16)10-4-3-5-18-14(10)15/h3-6H,7H2,1-2H3. The molecule has 0 aliphatic heterocycles. The van der Waals surface area contributed by atoms with Crippen molar-refractivity contribution in [2.24, 2.45) is 0 Å². The second-order valence-corrected chi connectivity index (χ2v) is 6.23. The van der Waals surface area contributed by atoms with Gasteiger partial charge in [0.2, 0.25) is 0 Å². The smallest absolute Gasteiger partial charge is 0.159 e. The Morgan fingerprint density at radius 3 is 2.90 bits per heavy atom. The van der Waals surface area contributed by atoms with Gasteiger partial charge in [0.25, 0.3) is 0 Å². The van der Waals surface area contributed by atoms with Gasteiger partial charge in [-0.15, -0.1) is 0 Å². The first-order valence-electron chi connectivity index (χ1n) is 6.35. The third-order valence-electron chi connectivity index (χ3n) is 3.29. The molecule has 0 aliphatic rings. The first-order valence-corrected chi connectivity index (χ1v) is 7.81. The van der Waals surface area contributed by atoms with Gasteiger partial charge < -0.3 is 9.26 Å². The summed E-state index contributed by atoms with van der Waals surface area (Å²) in [6, 6.07) is 5.68. The number of halogens is 2. The van der Waals surface area contributed by atoms with E-state index < -0.39 is 0 Å². The van der Waals surface area contributed by atoms with Crippen LogP contribution in [0.4, 0.5) is 0 Å². The van der Waals surface area contributed by atoms with E-state index in [0.717, 1.165) is 37.2 Å². The highest BCUT2D eigenvalue weighted by atomic mass is 127. The molecular weight excluding hydrogens is 403 g/mol. The first-order chi connectivity index (χ1) is 10.1. The number of pyridine rings is 1. The Labute approximate surface area is 140 Å². The van der Waals surface area contributed by atoms with Crippen LogP contribution in [-0.2, 0) is 6.61 Å². The molecule has 3 rings (SSSR count). The molecule has 0 N–H and O–H groups in total. The molecule has 21 heavy (non-hydrogen) atoms. The van der Waals surface area contributed by atoms with Gasteiger partial charge in [-0.25, -0.2) is 0 Å². The number of hydrogen-bond donors (Lipinski definition) is 0. The lowest BCUT2D eigenvalue weighted by Crippen LogP contribution is -2.01. The maximum absolute atomic E-state index is 6.26. The van der Waals surface area contributed by atoms with Crippen molar-refractivity contribution in [3.8, 4) is 5.75 Å². The summed E-state index contributed by atoms with van der Waals surface area (Å²) in [7, 11) is 0. The largest absolute Gasteiger partial charge is 0.485 e. The van der Waals surface area contributed by atoms with Crippen LogP contribution in [0.25, 0.3) is 10.9 Å². The van der Waals surface area contributed by atoms with E-state index >= 15 is 0 Å². The van der Waals surface area contributed by atoms with Crippen molar-refractivity contribution < 1.29 is 9.26 Å². The molecule has 0 saturated heterocycles. The van der Waals surface area contributed by atoms with Crippen LogP contribution >= 0.6 is 34.2 Å². The molecule has 2 aromatic heterocycles. The SMILES string of the molecule is Cc1noc(C)c1COc1c(I)cc(Cl)c2cccnc12. The van der Waals surface area contributed by atoms with Crippen LogP contribution in [0.5, 0.6) is 5.75 Å². The molecule has 0 unspecified atom stereocenters. The Kier molecular flexibility index (Phi) is 4.03. The summed E-state index contributed by atoms with van der Waals surface area (Å²) in [5.74, 6) is 1.50. The van der Waals surface area contributed by atoms with E-state index in [1.54, 1.807) is 6.20 Å². The molecule has 4 nitrogen and oxygen atoms in total. The minimum Gasteiger partial charge on any atom is -0.485 e. The number of aryl methyl sites for hydroxylation is 2. The van der Waals surface area contributed by atoms with E-state index in [1.807, 2.05) is 32.0 Å². The molecule has 0 fully saturated rings. The van der Waals surface area contributed by atoms with Crippen LogP contribution in [0.15, 0.2) is 28.9 Å². The number of hydrogen-bond acceptors (Lipinski definition) is 4. The highest BCUT2D eigenvalue weighted by Crippen LogP contribution is 2.35. The van der Waals surface area contributed by atoms with Gasteiger partial charge in [0.1, 0.15) is 17.9 Å². The fraction of sp³-hybridized carbons (Fsp3) is 0.200. The Morgan fingerprint density at radius 2 is 2.19 bits per heavy atom. The summed E-state index contributed by atoms with van der Waals surface area (Å²) in [5.41, 5.74) is 2.57. The van der Waals surface area contributed by atoms with Crippen molar-refractivity contribution in [1.82, 2.24) is 10.1 Å². The number of fused-ring (bicyclic) bond motifs is 1. The molecule has 3 aromatic rings. The number of nitrogens with zero attached hydrogens (tertiary/aromatic N) is 2. The average molecular weight is 415 g/mol. The summed E-state index contributed by atoms with van der Waals surface area (Å²) in [6.45, 7) is 4.17. The van der Waals surface area contributed by atoms with Gasteiger partial charge in [-0.05, 0) is 54.6 Å². The normalized spacial score (nSPS) is 11.0. The summed E-state index contributed by atoms with van der Waals surface area (Å²) in [4.78, 5) is 4.39. The molecule has 0 aliphatic carbocycles. The zero-order valence-corrected chi connectivity index (χ0v) is 14.4. The highest BCUT2D eigenvalue weighted by molar-refractivity contribution is 14.1. The Hall–Kier alpha value is -1.34. The minimum atomic E-state index is 0.393. The molecule has 0 saturated carbocycles. The Morgan fingerprint density at radius 1 is 1.38 bits per heavy atom. The highest BCUT2D eigenvalue weighted by Gasteiger charge is 2.15. The van der Waals surface area contributed by atoms with Gasteiger partial charge in [0.15, 0.2) is 5.75 Å². The minimum absolute atomic E-state index is 0.393. The monoisotopic (exact) mass is 414 g/mol. The van der Waals surface area contributed by atoms with Crippen molar-refractivity contribution >= 4 is 45.1 Å². The van der Waals surface area contributed by atoms with Gasteiger partial charge in [-0.1, -0.05) is 16.8 Å². The van der Waals surface area contributed by atoms with Gasteiger partial charge in [-0.3, -0.25) is 4.98 Å². The molecule has 0 atom stereocenters. The molecule has 0 amide bonds. The zero-order valence-electron chi connectivity index (χ0n) is 11.5. The van der Waals surface area contributed by atoms with E-state index in [2.05, 4.69) is 32.7 Å². The predicted molar refractivity (Wildman–Crippen MR) is 89.8 cm³/mol. The number of aromatic nitrogens is 2. The average Bonchev–Trinajstić information content (AvgIpc) is 2.78. The second-order valence-electron chi connectivity index (χ2n) is 4.66. The van der Waals surface area contributed by atoms with E-state index in [-0.39, 0.29) is 0 Å². The fourth-order valence-corrected chi connectivity index (χ4v) is 3.30. The summed E-state index contributed by atoms with van der Waals surface area (Å²) in [6.07, 6.45) is 1.73. The lowest BCUT2D eigenvalue weighted by molar-refractivity contribution is 0.302. The third kappa shape index (κ3) is 2.72. The van der Waals surface area contributed by atoms with E-state index in [9.17, 15) is 0 Å². The van der Waals surface area contributed by atoms with Crippen molar-refractivity contribution in [3.05, 3.63) is 50.0 Å². The maximum atomic E-state index is 6.26. The zero-order chi connectivity index (χ0) is 15.0. The van der Waals surface area contributed by atoms with Crippen molar-refractivity contribution in [3.63, 3.8) is 0 Å². The topological polar surface area (TPSA) is 48.2 Å². The lowest BCUT2D eigenvalue weighted by atomic mass is 10.2. The predicted octanol–water partition coefficient (Wildman–Crippen LogP) is 4.68. The van der Waals surface area contributed by atoms with Crippen LogP contribution in [-0.4, -0.2) is 10.1 Å². The van der Waals surface area contributed by atoms with Crippen LogP contribution in [0.3, 0.4) is 0 Å². The van der Waals surface area contributed by atoms with Gasteiger partial charge in [0, 0.05) is 11.6 Å². The summed E-state index contributed by atoms with van der Waals surface area (Å²) < 4.78 is 12.1.